The van der Waals surface area contributed by atoms with E-state index in [1.54, 1.807) is 5.56 Å². The maximum absolute atomic E-state index is 4.72. The van der Waals surface area contributed by atoms with E-state index in [0.717, 1.165) is 17.8 Å². The monoisotopic (exact) mass is 256 g/mol. The molecule has 1 aromatic heterocycles. The summed E-state index contributed by atoms with van der Waals surface area (Å²) in [4.78, 5) is 7.39. The zero-order valence-corrected chi connectivity index (χ0v) is 12.1. The first-order valence-electron chi connectivity index (χ1n) is 7.87. The Balaban J connectivity index is 1.93. The van der Waals surface area contributed by atoms with Gasteiger partial charge in [-0.1, -0.05) is 13.0 Å². The van der Waals surface area contributed by atoms with Gasteiger partial charge in [0.2, 0.25) is 0 Å². The van der Waals surface area contributed by atoms with Gasteiger partial charge >= 0.3 is 0 Å². The Bertz CT molecular complexity index is 498. The first-order valence-corrected chi connectivity index (χ1v) is 7.87. The molecule has 4 atom stereocenters. The third kappa shape index (κ3) is 1.50. The summed E-state index contributed by atoms with van der Waals surface area (Å²) in [5, 5.41) is 0. The Kier molecular flexibility index (Phi) is 2.54. The van der Waals surface area contributed by atoms with Gasteiger partial charge in [-0.05, 0) is 75.1 Å². The van der Waals surface area contributed by atoms with E-state index in [4.69, 9.17) is 4.98 Å². The molecule has 1 aromatic rings. The second-order valence-electron chi connectivity index (χ2n) is 7.10. The van der Waals surface area contributed by atoms with Crippen LogP contribution >= 0.6 is 0 Å². The SMILES string of the molecule is C[C@H]1C[C@H]2Cc3ncccc3[C@@]3(C1)[C@@H]2CCCN3C. The standard InChI is InChI=1S/C17H24N2/c1-12-9-13-10-16-15(5-3-7-18-16)17(11-12)14(13)6-4-8-19(17)2/h3,5,7,12-14H,4,6,8-11H2,1-2H3/t12-,13-,14+,17+/m0/s1. The maximum Gasteiger partial charge on any atom is 0.0509 e. The van der Waals surface area contributed by atoms with Crippen molar-refractivity contribution in [1.29, 1.82) is 0 Å². The molecule has 4 rings (SSSR count). The van der Waals surface area contributed by atoms with Gasteiger partial charge in [0.1, 0.15) is 0 Å². The summed E-state index contributed by atoms with van der Waals surface area (Å²) in [6.07, 6.45) is 8.76. The molecule has 19 heavy (non-hydrogen) atoms. The highest BCUT2D eigenvalue weighted by Crippen LogP contribution is 2.58. The van der Waals surface area contributed by atoms with Crippen LogP contribution in [-0.4, -0.2) is 23.5 Å². The number of hydrogen-bond acceptors (Lipinski definition) is 2. The van der Waals surface area contributed by atoms with Crippen LogP contribution in [-0.2, 0) is 12.0 Å². The Labute approximate surface area is 116 Å². The second kappa shape index (κ2) is 4.05. The van der Waals surface area contributed by atoms with Crippen LogP contribution in [0.15, 0.2) is 18.3 Å². The van der Waals surface area contributed by atoms with Gasteiger partial charge in [0, 0.05) is 11.9 Å². The zero-order valence-electron chi connectivity index (χ0n) is 12.1. The summed E-state index contributed by atoms with van der Waals surface area (Å²) >= 11 is 0. The van der Waals surface area contributed by atoms with Crippen molar-refractivity contribution in [3.8, 4) is 0 Å². The Hall–Kier alpha value is -0.890. The lowest BCUT2D eigenvalue weighted by molar-refractivity contribution is -0.0790. The van der Waals surface area contributed by atoms with Crippen molar-refractivity contribution in [2.24, 2.45) is 17.8 Å². The lowest BCUT2D eigenvalue weighted by atomic mass is 9.53. The third-order valence-electron chi connectivity index (χ3n) is 6.05. The van der Waals surface area contributed by atoms with Gasteiger partial charge in [0.15, 0.2) is 0 Å². The average Bonchev–Trinajstić information content (AvgIpc) is 2.39. The highest BCUT2D eigenvalue weighted by molar-refractivity contribution is 5.35. The van der Waals surface area contributed by atoms with Crippen molar-refractivity contribution in [1.82, 2.24) is 9.88 Å². The molecule has 0 spiro atoms. The van der Waals surface area contributed by atoms with Crippen molar-refractivity contribution in [2.75, 3.05) is 13.6 Å². The summed E-state index contributed by atoms with van der Waals surface area (Å²) < 4.78 is 0. The highest BCUT2D eigenvalue weighted by Gasteiger charge is 2.55. The number of pyridine rings is 1. The molecule has 2 heterocycles. The molecular formula is C17H24N2. The summed E-state index contributed by atoms with van der Waals surface area (Å²) in [6.45, 7) is 3.71. The average molecular weight is 256 g/mol. The molecule has 2 aliphatic carbocycles. The van der Waals surface area contributed by atoms with E-state index in [9.17, 15) is 0 Å². The predicted molar refractivity (Wildman–Crippen MR) is 76.9 cm³/mol. The molecule has 0 radical (unpaired) electrons. The van der Waals surface area contributed by atoms with Crippen LogP contribution in [0.1, 0.15) is 43.9 Å². The molecule has 2 bridgehead atoms. The fraction of sp³-hybridized carbons (Fsp3) is 0.706. The van der Waals surface area contributed by atoms with Gasteiger partial charge in [0.25, 0.3) is 0 Å². The van der Waals surface area contributed by atoms with Crippen LogP contribution < -0.4 is 0 Å². The van der Waals surface area contributed by atoms with E-state index in [1.165, 1.54) is 44.3 Å². The smallest absolute Gasteiger partial charge is 0.0509 e. The first-order chi connectivity index (χ1) is 9.22. The van der Waals surface area contributed by atoms with Gasteiger partial charge in [-0.25, -0.2) is 0 Å². The number of nitrogens with zero attached hydrogens (tertiary/aromatic N) is 2. The molecule has 0 amide bonds. The number of aromatic nitrogens is 1. The van der Waals surface area contributed by atoms with Gasteiger partial charge in [-0.15, -0.1) is 0 Å². The number of rotatable bonds is 0. The normalized spacial score (nSPS) is 41.5. The Morgan fingerprint density at radius 1 is 1.42 bits per heavy atom. The Morgan fingerprint density at radius 2 is 2.32 bits per heavy atom. The lowest BCUT2D eigenvalue weighted by Crippen LogP contribution is -2.60. The first kappa shape index (κ1) is 11.9. The highest BCUT2D eigenvalue weighted by atomic mass is 15.2. The fourth-order valence-corrected chi connectivity index (χ4v) is 5.48. The third-order valence-corrected chi connectivity index (χ3v) is 6.05. The molecule has 102 valence electrons. The van der Waals surface area contributed by atoms with E-state index in [1.807, 2.05) is 6.20 Å². The van der Waals surface area contributed by atoms with E-state index >= 15 is 0 Å². The minimum Gasteiger partial charge on any atom is -0.296 e. The molecule has 1 saturated heterocycles. The minimum absolute atomic E-state index is 0.308. The van der Waals surface area contributed by atoms with E-state index in [0.29, 0.717) is 5.54 Å². The van der Waals surface area contributed by atoms with Crippen molar-refractivity contribution >= 4 is 0 Å². The summed E-state index contributed by atoms with van der Waals surface area (Å²) in [7, 11) is 2.35. The minimum atomic E-state index is 0.308. The van der Waals surface area contributed by atoms with Crippen LogP contribution in [0.5, 0.6) is 0 Å². The summed E-state index contributed by atoms with van der Waals surface area (Å²) in [5.74, 6) is 2.60. The van der Waals surface area contributed by atoms with Gasteiger partial charge in [-0.2, -0.15) is 0 Å². The second-order valence-corrected chi connectivity index (χ2v) is 7.10. The Morgan fingerprint density at radius 3 is 3.21 bits per heavy atom. The lowest BCUT2D eigenvalue weighted by Gasteiger charge is -2.60. The topological polar surface area (TPSA) is 16.1 Å². The van der Waals surface area contributed by atoms with Gasteiger partial charge < -0.3 is 0 Å². The van der Waals surface area contributed by atoms with Crippen LogP contribution in [0, 0.1) is 17.8 Å². The number of piperidine rings is 1. The molecular weight excluding hydrogens is 232 g/mol. The van der Waals surface area contributed by atoms with E-state index in [-0.39, 0.29) is 0 Å². The summed E-state index contributed by atoms with van der Waals surface area (Å²) in [5.41, 5.74) is 3.26. The van der Waals surface area contributed by atoms with Crippen molar-refractivity contribution in [2.45, 2.75) is 44.6 Å². The zero-order chi connectivity index (χ0) is 13.0. The van der Waals surface area contributed by atoms with Crippen LogP contribution in [0.4, 0.5) is 0 Å². The molecule has 0 unspecified atom stereocenters. The molecule has 2 heteroatoms. The number of fused-ring (bicyclic) bond motifs is 1. The predicted octanol–water partition coefficient (Wildman–Crippen LogP) is 3.22. The van der Waals surface area contributed by atoms with Crippen molar-refractivity contribution in [3.63, 3.8) is 0 Å². The number of hydrogen-bond donors (Lipinski definition) is 0. The van der Waals surface area contributed by atoms with Gasteiger partial charge in [0.05, 0.1) is 5.54 Å². The van der Waals surface area contributed by atoms with Crippen molar-refractivity contribution in [3.05, 3.63) is 29.6 Å². The molecule has 2 nitrogen and oxygen atoms in total. The van der Waals surface area contributed by atoms with Gasteiger partial charge in [-0.3, -0.25) is 9.88 Å². The quantitative estimate of drug-likeness (QED) is 0.708. The van der Waals surface area contributed by atoms with Crippen molar-refractivity contribution < 1.29 is 0 Å². The molecule has 3 aliphatic rings. The van der Waals surface area contributed by atoms with Crippen LogP contribution in [0.3, 0.4) is 0 Å². The number of likely N-dealkylation sites (tertiary alicyclic amines) is 1. The molecule has 1 aliphatic heterocycles. The fourth-order valence-electron chi connectivity index (χ4n) is 5.48. The maximum atomic E-state index is 4.72. The molecule has 1 saturated carbocycles. The van der Waals surface area contributed by atoms with E-state index in [2.05, 4.69) is 31.0 Å². The molecule has 0 N–H and O–H groups in total. The largest absolute Gasteiger partial charge is 0.296 e. The molecule has 2 fully saturated rings. The van der Waals surface area contributed by atoms with Crippen LogP contribution in [0.25, 0.3) is 0 Å². The summed E-state index contributed by atoms with van der Waals surface area (Å²) in [6, 6.07) is 4.51. The molecule has 0 aromatic carbocycles. The van der Waals surface area contributed by atoms with E-state index < -0.39 is 0 Å². The van der Waals surface area contributed by atoms with Crippen LogP contribution in [0.2, 0.25) is 0 Å².